The summed E-state index contributed by atoms with van der Waals surface area (Å²) in [6.45, 7) is 3.22. The molecular formula is C20H25Cl2F3N2O. The van der Waals surface area contributed by atoms with Crippen LogP contribution in [0.2, 0.25) is 0 Å². The van der Waals surface area contributed by atoms with Gasteiger partial charge in [-0.1, -0.05) is 24.3 Å². The first-order chi connectivity index (χ1) is 12.4. The zero-order valence-electron chi connectivity index (χ0n) is 15.7. The average Bonchev–Trinajstić information content (AvgIpc) is 3.09. The molecule has 0 aliphatic carbocycles. The number of halogens is 5. The predicted molar refractivity (Wildman–Crippen MR) is 111 cm³/mol. The fourth-order valence-corrected chi connectivity index (χ4v) is 3.46. The van der Waals surface area contributed by atoms with Gasteiger partial charge in [-0.15, -0.1) is 24.8 Å². The minimum atomic E-state index is -4.34. The standard InChI is InChI=1S/C20H23F3N2O.2ClH/c1-14(15-6-5-7-17(12-15)26-2)24-16-10-11-25(13-16)19-9-4-3-8-18(19)20(21,22)23;;/h3-9,12,14,16,24H,10-11,13H2,1-2H3;2*1H/t14-,16+;;/m1../s1. The quantitative estimate of drug-likeness (QED) is 0.670. The number of hydrogen-bond acceptors (Lipinski definition) is 3. The van der Waals surface area contributed by atoms with Crippen LogP contribution in [-0.2, 0) is 6.18 Å². The zero-order valence-corrected chi connectivity index (χ0v) is 17.3. The molecule has 1 aliphatic rings. The molecule has 0 unspecified atom stereocenters. The van der Waals surface area contributed by atoms with Crippen molar-refractivity contribution in [2.75, 3.05) is 25.1 Å². The Morgan fingerprint density at radius 2 is 1.82 bits per heavy atom. The summed E-state index contributed by atoms with van der Waals surface area (Å²) in [7, 11) is 1.63. The molecule has 0 radical (unpaired) electrons. The van der Waals surface area contributed by atoms with Crippen LogP contribution in [0.4, 0.5) is 18.9 Å². The molecule has 1 aliphatic heterocycles. The molecule has 0 aromatic heterocycles. The van der Waals surface area contributed by atoms with E-state index >= 15 is 0 Å². The Morgan fingerprint density at radius 1 is 1.11 bits per heavy atom. The van der Waals surface area contributed by atoms with Crippen molar-refractivity contribution < 1.29 is 17.9 Å². The highest BCUT2D eigenvalue weighted by Gasteiger charge is 2.36. The maximum atomic E-state index is 13.2. The van der Waals surface area contributed by atoms with Crippen molar-refractivity contribution in [3.8, 4) is 5.75 Å². The van der Waals surface area contributed by atoms with E-state index in [-0.39, 0.29) is 42.6 Å². The highest BCUT2D eigenvalue weighted by Crippen LogP contribution is 2.37. The number of anilines is 1. The summed E-state index contributed by atoms with van der Waals surface area (Å²) in [4.78, 5) is 1.82. The van der Waals surface area contributed by atoms with Crippen LogP contribution in [0.1, 0.15) is 30.5 Å². The van der Waals surface area contributed by atoms with E-state index in [1.165, 1.54) is 6.07 Å². The van der Waals surface area contributed by atoms with E-state index in [1.807, 2.05) is 29.2 Å². The lowest BCUT2D eigenvalue weighted by Crippen LogP contribution is -2.34. The molecule has 3 nitrogen and oxygen atoms in total. The Hall–Kier alpha value is -1.63. The predicted octanol–water partition coefficient (Wildman–Crippen LogP) is 5.49. The van der Waals surface area contributed by atoms with Crippen molar-refractivity contribution in [1.29, 1.82) is 0 Å². The van der Waals surface area contributed by atoms with Crippen LogP contribution >= 0.6 is 24.8 Å². The van der Waals surface area contributed by atoms with Crippen LogP contribution in [0, 0.1) is 0 Å². The number of nitrogens with one attached hydrogen (secondary N) is 1. The normalized spacial score (nSPS) is 17.5. The van der Waals surface area contributed by atoms with Crippen molar-refractivity contribution in [2.24, 2.45) is 0 Å². The first-order valence-corrected chi connectivity index (χ1v) is 8.69. The number of para-hydroxylation sites is 1. The van der Waals surface area contributed by atoms with Crippen molar-refractivity contribution >= 4 is 30.5 Å². The largest absolute Gasteiger partial charge is 0.497 e. The van der Waals surface area contributed by atoms with Gasteiger partial charge in [0.2, 0.25) is 0 Å². The summed E-state index contributed by atoms with van der Waals surface area (Å²) in [5.41, 5.74) is 0.790. The lowest BCUT2D eigenvalue weighted by Gasteiger charge is -2.24. The minimum absolute atomic E-state index is 0. The van der Waals surface area contributed by atoms with E-state index in [9.17, 15) is 13.2 Å². The zero-order chi connectivity index (χ0) is 18.7. The molecule has 1 fully saturated rings. The first kappa shape index (κ1) is 24.4. The smallest absolute Gasteiger partial charge is 0.418 e. The van der Waals surface area contributed by atoms with E-state index in [2.05, 4.69) is 12.2 Å². The maximum Gasteiger partial charge on any atom is 0.418 e. The van der Waals surface area contributed by atoms with E-state index in [0.29, 0.717) is 13.1 Å². The Labute approximate surface area is 176 Å². The van der Waals surface area contributed by atoms with E-state index < -0.39 is 11.7 Å². The summed E-state index contributed by atoms with van der Waals surface area (Å²) in [6, 6.07) is 13.8. The van der Waals surface area contributed by atoms with Crippen molar-refractivity contribution in [1.82, 2.24) is 5.32 Å². The lowest BCUT2D eigenvalue weighted by molar-refractivity contribution is -0.137. The molecule has 156 valence electrons. The third-order valence-corrected chi connectivity index (χ3v) is 4.82. The number of alkyl halides is 3. The second kappa shape index (κ2) is 10.2. The number of rotatable bonds is 5. The molecular weight excluding hydrogens is 412 g/mol. The van der Waals surface area contributed by atoms with Crippen LogP contribution < -0.4 is 15.0 Å². The monoisotopic (exact) mass is 436 g/mol. The van der Waals surface area contributed by atoms with Gasteiger partial charge in [-0.3, -0.25) is 0 Å². The molecule has 2 atom stereocenters. The first-order valence-electron chi connectivity index (χ1n) is 8.69. The van der Waals surface area contributed by atoms with Crippen LogP contribution in [0.25, 0.3) is 0 Å². The van der Waals surface area contributed by atoms with Crippen LogP contribution in [0.3, 0.4) is 0 Å². The molecule has 1 N–H and O–H groups in total. The summed E-state index contributed by atoms with van der Waals surface area (Å²) >= 11 is 0. The van der Waals surface area contributed by atoms with Gasteiger partial charge in [-0.2, -0.15) is 13.2 Å². The van der Waals surface area contributed by atoms with Crippen LogP contribution in [-0.4, -0.2) is 26.2 Å². The van der Waals surface area contributed by atoms with Gasteiger partial charge < -0.3 is 15.0 Å². The number of nitrogens with zero attached hydrogens (tertiary/aromatic N) is 1. The summed E-state index contributed by atoms with van der Waals surface area (Å²) < 4.78 is 45.0. The van der Waals surface area contributed by atoms with E-state index in [0.717, 1.165) is 23.8 Å². The number of benzene rings is 2. The summed E-state index contributed by atoms with van der Waals surface area (Å²) in [6.07, 6.45) is -3.53. The molecule has 1 heterocycles. The Bertz CT molecular complexity index is 758. The molecule has 0 spiro atoms. The summed E-state index contributed by atoms with van der Waals surface area (Å²) in [5.74, 6) is 0.795. The third kappa shape index (κ3) is 5.69. The minimum Gasteiger partial charge on any atom is -0.497 e. The molecule has 3 rings (SSSR count). The van der Waals surface area contributed by atoms with E-state index in [4.69, 9.17) is 4.74 Å². The Balaban J connectivity index is 0.00000196. The second-order valence-electron chi connectivity index (χ2n) is 6.61. The van der Waals surface area contributed by atoms with Crippen molar-refractivity contribution in [2.45, 2.75) is 31.6 Å². The van der Waals surface area contributed by atoms with Gasteiger partial charge in [0.25, 0.3) is 0 Å². The lowest BCUT2D eigenvalue weighted by atomic mass is 10.1. The van der Waals surface area contributed by atoms with Crippen LogP contribution in [0.15, 0.2) is 48.5 Å². The summed E-state index contributed by atoms with van der Waals surface area (Å²) in [5, 5.41) is 3.53. The molecule has 8 heteroatoms. The fourth-order valence-electron chi connectivity index (χ4n) is 3.46. The SMILES string of the molecule is COc1cccc([C@@H](C)N[C@H]2CCN(c3ccccc3C(F)(F)F)C2)c1.Cl.Cl. The fraction of sp³-hybridized carbons (Fsp3) is 0.400. The molecule has 0 saturated carbocycles. The number of hydrogen-bond donors (Lipinski definition) is 1. The van der Waals surface area contributed by atoms with Gasteiger partial charge in [0.05, 0.1) is 12.7 Å². The van der Waals surface area contributed by atoms with Gasteiger partial charge >= 0.3 is 6.18 Å². The third-order valence-electron chi connectivity index (χ3n) is 4.82. The van der Waals surface area contributed by atoms with Gasteiger partial charge in [0, 0.05) is 30.9 Å². The van der Waals surface area contributed by atoms with Crippen molar-refractivity contribution in [3.05, 3.63) is 59.7 Å². The molecule has 2 aromatic carbocycles. The molecule has 0 amide bonds. The van der Waals surface area contributed by atoms with Gasteiger partial charge in [0.15, 0.2) is 0 Å². The molecule has 28 heavy (non-hydrogen) atoms. The topological polar surface area (TPSA) is 24.5 Å². The van der Waals surface area contributed by atoms with Crippen LogP contribution in [0.5, 0.6) is 5.75 Å². The highest BCUT2D eigenvalue weighted by atomic mass is 35.5. The average molecular weight is 437 g/mol. The Kier molecular flexibility index (Phi) is 8.92. The molecule has 0 bridgehead atoms. The van der Waals surface area contributed by atoms with Gasteiger partial charge in [-0.25, -0.2) is 0 Å². The van der Waals surface area contributed by atoms with Gasteiger partial charge in [-0.05, 0) is 43.2 Å². The maximum absolute atomic E-state index is 13.2. The molecule has 2 aromatic rings. The number of methoxy groups -OCH3 is 1. The highest BCUT2D eigenvalue weighted by molar-refractivity contribution is 5.85. The Morgan fingerprint density at radius 3 is 2.50 bits per heavy atom. The van der Waals surface area contributed by atoms with E-state index in [1.54, 1.807) is 19.2 Å². The van der Waals surface area contributed by atoms with Gasteiger partial charge in [0.1, 0.15) is 5.75 Å². The number of ether oxygens (including phenoxy) is 1. The molecule has 1 saturated heterocycles. The second-order valence-corrected chi connectivity index (χ2v) is 6.61. The van der Waals surface area contributed by atoms with Crippen molar-refractivity contribution in [3.63, 3.8) is 0 Å².